The third kappa shape index (κ3) is 2.45. The molecule has 1 fully saturated rings. The molecule has 4 nitrogen and oxygen atoms in total. The summed E-state index contributed by atoms with van der Waals surface area (Å²) in [6, 6.07) is 0. The molecule has 82 valence electrons. The Hall–Kier alpha value is -0.610. The zero-order valence-electron chi connectivity index (χ0n) is 9.25. The van der Waals surface area contributed by atoms with E-state index in [4.69, 9.17) is 14.2 Å². The molecule has 0 spiro atoms. The van der Waals surface area contributed by atoms with Crippen LogP contribution >= 0.6 is 0 Å². The number of hydrogen-bond donors (Lipinski definition) is 0. The van der Waals surface area contributed by atoms with Gasteiger partial charge >= 0.3 is 5.97 Å². The molecular weight excluding hydrogens is 184 g/mol. The number of hydrogen-bond acceptors (Lipinski definition) is 4. The molecule has 0 saturated carbocycles. The lowest BCUT2D eigenvalue weighted by Crippen LogP contribution is -2.51. The first-order valence-electron chi connectivity index (χ1n) is 4.85. The summed E-state index contributed by atoms with van der Waals surface area (Å²) in [5.74, 6) is -1.67. The molecule has 0 atom stereocenters. The summed E-state index contributed by atoms with van der Waals surface area (Å²) in [4.78, 5) is 11.5. The molecule has 0 aliphatic carbocycles. The lowest BCUT2D eigenvalue weighted by molar-refractivity contribution is -0.286. The number of carbonyl (C=O) groups excluding carboxylic acids is 1. The number of esters is 1. The van der Waals surface area contributed by atoms with Crippen molar-refractivity contribution in [3.8, 4) is 0 Å². The molecule has 0 bridgehead atoms. The van der Waals surface area contributed by atoms with Crippen LogP contribution in [0.25, 0.3) is 0 Å². The quantitative estimate of drug-likeness (QED) is 0.634. The molecule has 14 heavy (non-hydrogen) atoms. The fourth-order valence-electron chi connectivity index (χ4n) is 1.13. The number of carbonyl (C=O) groups is 1. The van der Waals surface area contributed by atoms with Crippen molar-refractivity contribution in [3.63, 3.8) is 0 Å². The minimum Gasteiger partial charge on any atom is -0.462 e. The van der Waals surface area contributed by atoms with Gasteiger partial charge in [0.2, 0.25) is 0 Å². The highest BCUT2D eigenvalue weighted by Crippen LogP contribution is 2.29. The Morgan fingerprint density at radius 3 is 2.21 bits per heavy atom. The Balaban J connectivity index is 2.57. The van der Waals surface area contributed by atoms with Gasteiger partial charge in [0, 0.05) is 12.3 Å². The van der Waals surface area contributed by atoms with Crippen LogP contribution in [0.3, 0.4) is 0 Å². The summed E-state index contributed by atoms with van der Waals surface area (Å²) in [5, 5.41) is 0. The van der Waals surface area contributed by atoms with Crippen LogP contribution in [0.2, 0.25) is 0 Å². The van der Waals surface area contributed by atoms with Crippen molar-refractivity contribution in [1.29, 1.82) is 0 Å². The SMILES string of the molecule is CCOC(=O)C1(C)OCC(C)(C)CO1. The Labute approximate surface area is 84.5 Å². The lowest BCUT2D eigenvalue weighted by atomic mass is 9.95. The topological polar surface area (TPSA) is 44.8 Å². The van der Waals surface area contributed by atoms with E-state index in [1.165, 1.54) is 0 Å². The van der Waals surface area contributed by atoms with E-state index in [0.717, 1.165) is 0 Å². The normalized spacial score (nSPS) is 24.3. The van der Waals surface area contributed by atoms with E-state index in [1.54, 1.807) is 13.8 Å². The van der Waals surface area contributed by atoms with E-state index in [9.17, 15) is 4.79 Å². The first-order chi connectivity index (χ1) is 6.40. The van der Waals surface area contributed by atoms with E-state index < -0.39 is 11.8 Å². The highest BCUT2D eigenvalue weighted by Gasteiger charge is 2.44. The fourth-order valence-corrected chi connectivity index (χ4v) is 1.13. The lowest BCUT2D eigenvalue weighted by Gasteiger charge is -2.39. The summed E-state index contributed by atoms with van der Waals surface area (Å²) < 4.78 is 15.7. The van der Waals surface area contributed by atoms with Crippen LogP contribution in [0.5, 0.6) is 0 Å². The first-order valence-corrected chi connectivity index (χ1v) is 4.85. The van der Waals surface area contributed by atoms with Crippen molar-refractivity contribution in [3.05, 3.63) is 0 Å². The summed E-state index contributed by atoms with van der Waals surface area (Å²) in [5.41, 5.74) is -0.0357. The van der Waals surface area contributed by atoms with Gasteiger partial charge in [0.05, 0.1) is 19.8 Å². The summed E-state index contributed by atoms with van der Waals surface area (Å²) >= 11 is 0. The van der Waals surface area contributed by atoms with E-state index in [2.05, 4.69) is 0 Å². The van der Waals surface area contributed by atoms with Crippen molar-refractivity contribution in [1.82, 2.24) is 0 Å². The van der Waals surface area contributed by atoms with Crippen molar-refractivity contribution in [2.75, 3.05) is 19.8 Å². The predicted octanol–water partition coefficient (Wildman–Crippen LogP) is 1.34. The molecule has 0 radical (unpaired) electrons. The molecule has 1 heterocycles. The van der Waals surface area contributed by atoms with Gasteiger partial charge in [-0.15, -0.1) is 0 Å². The number of rotatable bonds is 2. The van der Waals surface area contributed by atoms with Gasteiger partial charge in [-0.2, -0.15) is 0 Å². The maximum Gasteiger partial charge on any atom is 0.366 e. The maximum absolute atomic E-state index is 11.5. The van der Waals surface area contributed by atoms with E-state index in [1.807, 2.05) is 13.8 Å². The maximum atomic E-state index is 11.5. The summed E-state index contributed by atoms with van der Waals surface area (Å²) in [7, 11) is 0. The van der Waals surface area contributed by atoms with Crippen molar-refractivity contribution in [2.45, 2.75) is 33.5 Å². The molecule has 0 amide bonds. The summed E-state index contributed by atoms with van der Waals surface area (Å²) in [6.07, 6.45) is 0. The van der Waals surface area contributed by atoms with Crippen LogP contribution in [0.1, 0.15) is 27.7 Å². The van der Waals surface area contributed by atoms with Gasteiger partial charge in [-0.1, -0.05) is 13.8 Å². The molecule has 0 aromatic carbocycles. The summed E-state index contributed by atoms with van der Waals surface area (Å²) in [6.45, 7) is 8.75. The Morgan fingerprint density at radius 2 is 1.79 bits per heavy atom. The van der Waals surface area contributed by atoms with Crippen molar-refractivity contribution >= 4 is 5.97 Å². The number of ether oxygens (including phenoxy) is 3. The van der Waals surface area contributed by atoms with E-state index in [-0.39, 0.29) is 5.41 Å². The monoisotopic (exact) mass is 202 g/mol. The molecule has 4 heteroatoms. The average Bonchev–Trinajstić information content (AvgIpc) is 2.11. The third-order valence-corrected chi connectivity index (χ3v) is 2.12. The second-order valence-electron chi connectivity index (χ2n) is 4.41. The van der Waals surface area contributed by atoms with Gasteiger partial charge in [0.25, 0.3) is 5.79 Å². The molecular formula is C10H18O4. The third-order valence-electron chi connectivity index (χ3n) is 2.12. The van der Waals surface area contributed by atoms with Gasteiger partial charge in [-0.05, 0) is 6.92 Å². The van der Waals surface area contributed by atoms with Gasteiger partial charge in [0.1, 0.15) is 0 Å². The second kappa shape index (κ2) is 3.87. The zero-order chi connectivity index (χ0) is 10.8. The van der Waals surface area contributed by atoms with Crippen LogP contribution in [0.15, 0.2) is 0 Å². The second-order valence-corrected chi connectivity index (χ2v) is 4.41. The highest BCUT2D eigenvalue weighted by atomic mass is 16.7. The van der Waals surface area contributed by atoms with Crippen molar-refractivity contribution in [2.24, 2.45) is 5.41 Å². The zero-order valence-corrected chi connectivity index (χ0v) is 9.25. The molecule has 1 aliphatic rings. The highest BCUT2D eigenvalue weighted by molar-refractivity contribution is 5.77. The van der Waals surface area contributed by atoms with Gasteiger partial charge < -0.3 is 14.2 Å². The van der Waals surface area contributed by atoms with E-state index in [0.29, 0.717) is 19.8 Å². The molecule has 0 aromatic rings. The first kappa shape index (κ1) is 11.5. The fraction of sp³-hybridized carbons (Fsp3) is 0.900. The van der Waals surface area contributed by atoms with Crippen LogP contribution in [0.4, 0.5) is 0 Å². The van der Waals surface area contributed by atoms with Crippen LogP contribution in [0, 0.1) is 5.41 Å². The van der Waals surface area contributed by atoms with E-state index >= 15 is 0 Å². The molecule has 1 aliphatic heterocycles. The smallest absolute Gasteiger partial charge is 0.366 e. The van der Waals surface area contributed by atoms with Gasteiger partial charge in [0.15, 0.2) is 0 Å². The molecule has 0 aromatic heterocycles. The Kier molecular flexibility index (Phi) is 3.17. The van der Waals surface area contributed by atoms with Gasteiger partial charge in [-0.25, -0.2) is 4.79 Å². The largest absolute Gasteiger partial charge is 0.462 e. The van der Waals surface area contributed by atoms with Gasteiger partial charge in [-0.3, -0.25) is 0 Å². The Bertz CT molecular complexity index is 212. The molecule has 0 unspecified atom stereocenters. The minimum absolute atomic E-state index is 0.0357. The molecule has 1 saturated heterocycles. The van der Waals surface area contributed by atoms with Crippen LogP contribution in [-0.4, -0.2) is 31.6 Å². The minimum atomic E-state index is -1.22. The molecule has 0 N–H and O–H groups in total. The van der Waals surface area contributed by atoms with Crippen molar-refractivity contribution < 1.29 is 19.0 Å². The standard InChI is InChI=1S/C10H18O4/c1-5-12-8(11)10(4)13-6-9(2,3)7-14-10/h5-7H2,1-4H3. The molecule has 1 rings (SSSR count). The predicted molar refractivity (Wildman–Crippen MR) is 50.7 cm³/mol. The average molecular weight is 202 g/mol. The van der Waals surface area contributed by atoms with Crippen LogP contribution < -0.4 is 0 Å². The Morgan fingerprint density at radius 1 is 1.29 bits per heavy atom. The van der Waals surface area contributed by atoms with Crippen LogP contribution in [-0.2, 0) is 19.0 Å².